The Morgan fingerprint density at radius 3 is 2.71 bits per heavy atom. The number of benzene rings is 1. The van der Waals surface area contributed by atoms with Gasteiger partial charge in [-0.2, -0.15) is 0 Å². The van der Waals surface area contributed by atoms with Gasteiger partial charge in [-0.15, -0.1) is 23.7 Å². The van der Waals surface area contributed by atoms with Crippen molar-refractivity contribution in [3.05, 3.63) is 35.2 Å². The van der Waals surface area contributed by atoms with Gasteiger partial charge in [-0.3, -0.25) is 9.36 Å². The summed E-state index contributed by atoms with van der Waals surface area (Å²) in [6, 6.07) is 8.96. The van der Waals surface area contributed by atoms with E-state index in [2.05, 4.69) is 10.6 Å². The molecule has 1 amide bonds. The highest BCUT2D eigenvalue weighted by atomic mass is 35.5. The van der Waals surface area contributed by atoms with Crippen LogP contribution in [0.2, 0.25) is 0 Å². The second kappa shape index (κ2) is 7.95. The van der Waals surface area contributed by atoms with E-state index in [9.17, 15) is 19.1 Å². The lowest BCUT2D eigenvalue weighted by Gasteiger charge is -2.32. The van der Waals surface area contributed by atoms with Crippen molar-refractivity contribution in [2.75, 3.05) is 6.54 Å². The normalized spacial score (nSPS) is 19.5. The van der Waals surface area contributed by atoms with Gasteiger partial charge >= 0.3 is 7.60 Å². The first-order chi connectivity index (χ1) is 10.9. The summed E-state index contributed by atoms with van der Waals surface area (Å²) in [6.45, 7) is 0.708. The third-order valence-corrected chi connectivity index (χ3v) is 6.35. The molecule has 9 heteroatoms. The van der Waals surface area contributed by atoms with Gasteiger partial charge in [0.25, 0.3) is 5.91 Å². The summed E-state index contributed by atoms with van der Waals surface area (Å²) in [5.74, 6) is -1.63. The predicted molar refractivity (Wildman–Crippen MR) is 98.0 cm³/mol. The summed E-state index contributed by atoms with van der Waals surface area (Å²) in [4.78, 5) is 32.2. The molecule has 6 nitrogen and oxygen atoms in total. The number of halogens is 1. The number of amides is 1. The molecule has 2 unspecified atom stereocenters. The number of hydrogen-bond acceptors (Lipinski definition) is 4. The monoisotopic (exact) mass is 390 g/mol. The van der Waals surface area contributed by atoms with Crippen molar-refractivity contribution >= 4 is 47.3 Å². The Morgan fingerprint density at radius 1 is 1.33 bits per heavy atom. The largest absolute Gasteiger partial charge is 0.349 e. The molecule has 1 fully saturated rings. The SMILES string of the molecule is Cl.O=C(NC(C1CCCCN1)P(=O)(O)O)c1cc2ccccc2s1. The molecule has 1 aliphatic heterocycles. The standard InChI is InChI=1S/C15H19N2O4PS.ClH/c18-14(13-9-10-5-1-2-7-12(10)23-13)17-15(22(19,20)21)11-6-3-4-8-16-11;/h1-2,5,7,9,11,15-16H,3-4,6,8H2,(H,17,18)(H2,19,20,21);1H. The fraction of sp³-hybridized carbons (Fsp3) is 0.400. The Balaban J connectivity index is 0.00000208. The van der Waals surface area contributed by atoms with Crippen molar-refractivity contribution in [1.82, 2.24) is 10.6 Å². The smallest absolute Gasteiger partial charge is 0.336 e. The third-order valence-electron chi connectivity index (χ3n) is 4.02. The van der Waals surface area contributed by atoms with Crippen LogP contribution in [-0.4, -0.2) is 34.1 Å². The number of carbonyl (C=O) groups excluding carboxylic acids is 1. The zero-order valence-corrected chi connectivity index (χ0v) is 15.4. The number of rotatable bonds is 4. The molecule has 2 atom stereocenters. The minimum Gasteiger partial charge on any atom is -0.336 e. The van der Waals surface area contributed by atoms with Crippen LogP contribution in [0, 0.1) is 0 Å². The number of nitrogens with one attached hydrogen (secondary N) is 2. The maximum absolute atomic E-state index is 12.4. The molecular weight excluding hydrogens is 371 g/mol. The molecule has 0 spiro atoms. The summed E-state index contributed by atoms with van der Waals surface area (Å²) in [5, 5.41) is 6.61. The summed E-state index contributed by atoms with van der Waals surface area (Å²) < 4.78 is 12.8. The molecule has 3 rings (SSSR count). The number of fused-ring (bicyclic) bond motifs is 1. The minimum atomic E-state index is -4.44. The Hall–Kier alpha value is -0.950. The van der Waals surface area contributed by atoms with Gasteiger partial charge in [-0.05, 0) is 36.9 Å². The first kappa shape index (κ1) is 19.4. The molecular formula is C15H20ClN2O4PS. The van der Waals surface area contributed by atoms with Crippen LogP contribution in [0.5, 0.6) is 0 Å². The molecule has 1 aliphatic rings. The average Bonchev–Trinajstić information content (AvgIpc) is 2.96. The lowest BCUT2D eigenvalue weighted by Crippen LogP contribution is -2.51. The Kier molecular flexibility index (Phi) is 6.42. The van der Waals surface area contributed by atoms with Gasteiger partial charge in [0.1, 0.15) is 5.78 Å². The molecule has 132 valence electrons. The van der Waals surface area contributed by atoms with Crippen LogP contribution >= 0.6 is 31.3 Å². The van der Waals surface area contributed by atoms with Crippen molar-refractivity contribution in [3.63, 3.8) is 0 Å². The Labute approximate surface area is 150 Å². The topological polar surface area (TPSA) is 98.7 Å². The number of hydrogen-bond donors (Lipinski definition) is 4. The van der Waals surface area contributed by atoms with E-state index in [-0.39, 0.29) is 12.4 Å². The van der Waals surface area contributed by atoms with Gasteiger partial charge in [-0.25, -0.2) is 0 Å². The van der Waals surface area contributed by atoms with Crippen molar-refractivity contribution in [2.45, 2.75) is 31.1 Å². The average molecular weight is 391 g/mol. The van der Waals surface area contributed by atoms with E-state index in [1.54, 1.807) is 6.07 Å². The molecule has 0 bridgehead atoms. The first-order valence-electron chi connectivity index (χ1n) is 7.53. The van der Waals surface area contributed by atoms with Crippen molar-refractivity contribution in [1.29, 1.82) is 0 Å². The summed E-state index contributed by atoms with van der Waals surface area (Å²) >= 11 is 1.32. The molecule has 2 heterocycles. The molecule has 0 saturated carbocycles. The summed E-state index contributed by atoms with van der Waals surface area (Å²) in [6.07, 6.45) is 2.52. The highest BCUT2D eigenvalue weighted by Gasteiger charge is 2.38. The van der Waals surface area contributed by atoms with Crippen LogP contribution in [0.25, 0.3) is 10.1 Å². The van der Waals surface area contributed by atoms with E-state index in [1.807, 2.05) is 24.3 Å². The molecule has 2 aromatic rings. The zero-order valence-electron chi connectivity index (χ0n) is 12.8. The van der Waals surface area contributed by atoms with Crippen molar-refractivity contribution in [3.8, 4) is 0 Å². The van der Waals surface area contributed by atoms with Crippen LogP contribution in [0.15, 0.2) is 30.3 Å². The van der Waals surface area contributed by atoms with E-state index >= 15 is 0 Å². The number of thiophene rings is 1. The van der Waals surface area contributed by atoms with Gasteiger partial charge in [0, 0.05) is 10.7 Å². The molecule has 4 N–H and O–H groups in total. The maximum Gasteiger partial charge on any atom is 0.349 e. The molecule has 1 saturated heterocycles. The van der Waals surface area contributed by atoms with Crippen molar-refractivity contribution < 1.29 is 19.1 Å². The van der Waals surface area contributed by atoms with Crippen LogP contribution < -0.4 is 10.6 Å². The van der Waals surface area contributed by atoms with E-state index in [1.165, 1.54) is 11.3 Å². The van der Waals surface area contributed by atoms with Crippen LogP contribution in [0.1, 0.15) is 28.9 Å². The van der Waals surface area contributed by atoms with Crippen molar-refractivity contribution in [2.24, 2.45) is 0 Å². The van der Waals surface area contributed by atoms with Crippen LogP contribution in [-0.2, 0) is 4.57 Å². The van der Waals surface area contributed by atoms with E-state index in [0.717, 1.165) is 22.9 Å². The molecule has 1 aromatic carbocycles. The van der Waals surface area contributed by atoms with E-state index < -0.39 is 25.3 Å². The van der Waals surface area contributed by atoms with Crippen LogP contribution in [0.3, 0.4) is 0 Å². The van der Waals surface area contributed by atoms with Crippen LogP contribution in [0.4, 0.5) is 0 Å². The number of carbonyl (C=O) groups is 1. The fourth-order valence-electron chi connectivity index (χ4n) is 2.87. The first-order valence-corrected chi connectivity index (χ1v) is 10.0. The fourth-order valence-corrected chi connectivity index (χ4v) is 4.84. The Morgan fingerprint density at radius 2 is 2.08 bits per heavy atom. The third kappa shape index (κ3) is 4.36. The van der Waals surface area contributed by atoms with Gasteiger partial charge in [0.05, 0.1) is 4.88 Å². The van der Waals surface area contributed by atoms with E-state index in [0.29, 0.717) is 17.8 Å². The van der Waals surface area contributed by atoms with Gasteiger partial charge in [-0.1, -0.05) is 24.6 Å². The lowest BCUT2D eigenvalue weighted by molar-refractivity contribution is 0.0937. The molecule has 0 radical (unpaired) electrons. The molecule has 1 aromatic heterocycles. The summed E-state index contributed by atoms with van der Waals surface area (Å²) in [5.41, 5.74) is 0. The predicted octanol–water partition coefficient (Wildman–Crippen LogP) is 2.70. The Bertz CT molecular complexity index is 724. The highest BCUT2D eigenvalue weighted by molar-refractivity contribution is 7.52. The lowest BCUT2D eigenvalue weighted by atomic mass is 10.0. The highest BCUT2D eigenvalue weighted by Crippen LogP contribution is 2.43. The molecule has 24 heavy (non-hydrogen) atoms. The number of piperidine rings is 1. The zero-order chi connectivity index (χ0) is 16.4. The second-order valence-corrected chi connectivity index (χ2v) is 8.53. The van der Waals surface area contributed by atoms with Gasteiger partial charge in [0.15, 0.2) is 0 Å². The van der Waals surface area contributed by atoms with E-state index in [4.69, 9.17) is 0 Å². The maximum atomic E-state index is 12.4. The molecule has 0 aliphatic carbocycles. The minimum absolute atomic E-state index is 0. The van der Waals surface area contributed by atoms with Gasteiger partial charge < -0.3 is 20.4 Å². The quantitative estimate of drug-likeness (QED) is 0.602. The second-order valence-electron chi connectivity index (χ2n) is 5.71. The van der Waals surface area contributed by atoms with Gasteiger partial charge in [0.2, 0.25) is 0 Å². The summed E-state index contributed by atoms with van der Waals surface area (Å²) in [7, 11) is -4.44.